The first-order valence-corrected chi connectivity index (χ1v) is 6.07. The second kappa shape index (κ2) is 5.44. The van der Waals surface area contributed by atoms with Crippen molar-refractivity contribution in [3.05, 3.63) is 34.9 Å². The number of anilines is 1. The molecule has 2 rings (SSSR count). The molecule has 2 aromatic rings. The predicted molar refractivity (Wildman–Crippen MR) is 71.0 cm³/mol. The van der Waals surface area contributed by atoms with E-state index in [1.807, 2.05) is 24.3 Å². The summed E-state index contributed by atoms with van der Waals surface area (Å²) in [6.45, 7) is 0.0105. The normalized spacial score (nSPS) is 12.6. The van der Waals surface area contributed by atoms with Crippen LogP contribution >= 0.6 is 15.9 Å². The lowest BCUT2D eigenvalue weighted by molar-refractivity contribution is 0.105. The summed E-state index contributed by atoms with van der Waals surface area (Å²) >= 11 is 3.48. The molecule has 0 bridgehead atoms. The Kier molecular flexibility index (Phi) is 3.93. The van der Waals surface area contributed by atoms with Crippen molar-refractivity contribution >= 4 is 32.5 Å². The number of benzene rings is 1. The minimum absolute atomic E-state index is 0.262. The van der Waals surface area contributed by atoms with Crippen molar-refractivity contribution in [3.63, 3.8) is 0 Å². The monoisotopic (exact) mass is 296 g/mol. The van der Waals surface area contributed by atoms with Crippen molar-refractivity contribution < 1.29 is 10.2 Å². The maximum Gasteiger partial charge on any atom is 0.133 e. The van der Waals surface area contributed by atoms with Gasteiger partial charge in [0.2, 0.25) is 0 Å². The van der Waals surface area contributed by atoms with Crippen LogP contribution in [0.3, 0.4) is 0 Å². The Labute approximate surface area is 107 Å². The Morgan fingerprint density at radius 1 is 1.29 bits per heavy atom. The largest absolute Gasteiger partial charge is 0.394 e. The fourth-order valence-electron chi connectivity index (χ4n) is 1.59. The number of fused-ring (bicyclic) bond motifs is 1. The molecule has 1 atom stereocenters. The molecule has 3 N–H and O–H groups in total. The van der Waals surface area contributed by atoms with Gasteiger partial charge in [0.25, 0.3) is 0 Å². The van der Waals surface area contributed by atoms with Crippen molar-refractivity contribution in [2.24, 2.45) is 0 Å². The second-order valence-electron chi connectivity index (χ2n) is 3.71. The summed E-state index contributed by atoms with van der Waals surface area (Å²) in [7, 11) is 0. The fourth-order valence-corrected chi connectivity index (χ4v) is 2.09. The smallest absolute Gasteiger partial charge is 0.133 e. The van der Waals surface area contributed by atoms with Crippen LogP contribution in [-0.2, 0) is 0 Å². The van der Waals surface area contributed by atoms with Crippen LogP contribution in [-0.4, -0.2) is 34.5 Å². The van der Waals surface area contributed by atoms with E-state index < -0.39 is 6.10 Å². The van der Waals surface area contributed by atoms with E-state index in [-0.39, 0.29) is 13.2 Å². The lowest BCUT2D eigenvalue weighted by Gasteiger charge is -2.11. The number of nitrogens with zero attached hydrogens (tertiary/aromatic N) is 1. The van der Waals surface area contributed by atoms with E-state index in [0.717, 1.165) is 15.2 Å². The number of hydrogen-bond acceptors (Lipinski definition) is 4. The highest BCUT2D eigenvalue weighted by Crippen LogP contribution is 2.27. The summed E-state index contributed by atoms with van der Waals surface area (Å²) in [6, 6.07) is 7.78. The standard InChI is InChI=1S/C12H13BrN2O2/c13-11-3-1-2-10-9(11)4-5-14-12(10)15-6-8(17)7-16/h1-5,8,16-17H,6-7H2,(H,14,15). The molecule has 0 fully saturated rings. The van der Waals surface area contributed by atoms with Crippen LogP contribution in [0.15, 0.2) is 34.9 Å². The average molecular weight is 297 g/mol. The fraction of sp³-hybridized carbons (Fsp3) is 0.250. The van der Waals surface area contributed by atoms with E-state index in [9.17, 15) is 5.11 Å². The van der Waals surface area contributed by atoms with Gasteiger partial charge in [0, 0.05) is 28.0 Å². The molecule has 0 aliphatic heterocycles. The number of rotatable bonds is 4. The zero-order chi connectivity index (χ0) is 12.3. The van der Waals surface area contributed by atoms with Gasteiger partial charge in [-0.3, -0.25) is 0 Å². The van der Waals surface area contributed by atoms with Crippen LogP contribution in [0.2, 0.25) is 0 Å². The second-order valence-corrected chi connectivity index (χ2v) is 4.57. The molecule has 1 unspecified atom stereocenters. The van der Waals surface area contributed by atoms with Crippen LogP contribution in [0.4, 0.5) is 5.82 Å². The Bertz CT molecular complexity index is 519. The van der Waals surface area contributed by atoms with Crippen molar-refractivity contribution in [1.82, 2.24) is 4.98 Å². The first-order valence-electron chi connectivity index (χ1n) is 5.28. The lowest BCUT2D eigenvalue weighted by Crippen LogP contribution is -2.23. The minimum atomic E-state index is -0.779. The van der Waals surface area contributed by atoms with Crippen LogP contribution in [0, 0.1) is 0 Å². The number of aromatic nitrogens is 1. The molecule has 17 heavy (non-hydrogen) atoms. The molecule has 0 saturated heterocycles. The third kappa shape index (κ3) is 2.74. The van der Waals surface area contributed by atoms with Gasteiger partial charge in [0.05, 0.1) is 12.7 Å². The summed E-state index contributed by atoms with van der Waals surface area (Å²) in [5, 5.41) is 23.1. The maximum absolute atomic E-state index is 9.30. The molecule has 0 amide bonds. The van der Waals surface area contributed by atoms with E-state index in [4.69, 9.17) is 5.11 Å². The van der Waals surface area contributed by atoms with Crippen molar-refractivity contribution in [3.8, 4) is 0 Å². The van der Waals surface area contributed by atoms with Gasteiger partial charge in [-0.15, -0.1) is 0 Å². The third-order valence-corrected chi connectivity index (χ3v) is 3.16. The number of hydrogen-bond donors (Lipinski definition) is 3. The van der Waals surface area contributed by atoms with Crippen LogP contribution in [0.1, 0.15) is 0 Å². The van der Waals surface area contributed by atoms with E-state index >= 15 is 0 Å². The number of aliphatic hydroxyl groups excluding tert-OH is 2. The Hall–Kier alpha value is -1.17. The summed E-state index contributed by atoms with van der Waals surface area (Å²) < 4.78 is 1.00. The summed E-state index contributed by atoms with van der Waals surface area (Å²) in [4.78, 5) is 4.23. The average Bonchev–Trinajstić information content (AvgIpc) is 2.36. The molecule has 90 valence electrons. The number of aliphatic hydroxyl groups is 2. The first-order chi connectivity index (χ1) is 8.22. The number of pyridine rings is 1. The highest BCUT2D eigenvalue weighted by atomic mass is 79.9. The van der Waals surface area contributed by atoms with E-state index in [0.29, 0.717) is 5.82 Å². The molecule has 0 aliphatic carbocycles. The van der Waals surface area contributed by atoms with Crippen molar-refractivity contribution in [2.75, 3.05) is 18.5 Å². The molecule has 0 radical (unpaired) electrons. The molecule has 4 nitrogen and oxygen atoms in total. The summed E-state index contributed by atoms with van der Waals surface area (Å²) in [5.41, 5.74) is 0. The first kappa shape index (κ1) is 12.3. The molecule has 1 aromatic carbocycles. The zero-order valence-electron chi connectivity index (χ0n) is 9.10. The summed E-state index contributed by atoms with van der Waals surface area (Å²) in [5.74, 6) is 0.705. The molecule has 5 heteroatoms. The van der Waals surface area contributed by atoms with Crippen molar-refractivity contribution in [1.29, 1.82) is 0 Å². The van der Waals surface area contributed by atoms with Gasteiger partial charge in [-0.25, -0.2) is 4.98 Å². The lowest BCUT2D eigenvalue weighted by atomic mass is 10.1. The molecule has 0 spiro atoms. The Balaban J connectivity index is 2.31. The van der Waals surface area contributed by atoms with Crippen LogP contribution in [0.25, 0.3) is 10.8 Å². The zero-order valence-corrected chi connectivity index (χ0v) is 10.7. The van der Waals surface area contributed by atoms with E-state index in [1.165, 1.54) is 0 Å². The molecule has 1 heterocycles. The molecular weight excluding hydrogens is 284 g/mol. The van der Waals surface area contributed by atoms with Gasteiger partial charge in [0.15, 0.2) is 0 Å². The van der Waals surface area contributed by atoms with E-state index in [1.54, 1.807) is 6.20 Å². The maximum atomic E-state index is 9.30. The van der Waals surface area contributed by atoms with Crippen LogP contribution < -0.4 is 5.32 Å². The highest BCUT2D eigenvalue weighted by Gasteiger charge is 2.06. The van der Waals surface area contributed by atoms with Gasteiger partial charge in [-0.05, 0) is 12.1 Å². The molecule has 0 saturated carbocycles. The SMILES string of the molecule is OCC(O)CNc1nccc2c(Br)cccc12. The Morgan fingerprint density at radius 2 is 2.12 bits per heavy atom. The summed E-state index contributed by atoms with van der Waals surface area (Å²) in [6.07, 6.45) is 0.931. The quantitative estimate of drug-likeness (QED) is 0.804. The van der Waals surface area contributed by atoms with Crippen molar-refractivity contribution in [2.45, 2.75) is 6.10 Å². The molecule has 0 aliphatic rings. The Morgan fingerprint density at radius 3 is 2.88 bits per heavy atom. The number of nitrogens with one attached hydrogen (secondary N) is 1. The highest BCUT2D eigenvalue weighted by molar-refractivity contribution is 9.10. The van der Waals surface area contributed by atoms with Gasteiger partial charge >= 0.3 is 0 Å². The van der Waals surface area contributed by atoms with E-state index in [2.05, 4.69) is 26.2 Å². The minimum Gasteiger partial charge on any atom is -0.394 e. The predicted octanol–water partition coefficient (Wildman–Crippen LogP) is 1.76. The third-order valence-electron chi connectivity index (χ3n) is 2.47. The molecule has 1 aromatic heterocycles. The van der Waals surface area contributed by atoms with Gasteiger partial charge in [-0.1, -0.05) is 28.1 Å². The number of halogens is 1. The van der Waals surface area contributed by atoms with Gasteiger partial charge < -0.3 is 15.5 Å². The molecular formula is C12H13BrN2O2. The van der Waals surface area contributed by atoms with Gasteiger partial charge in [0.1, 0.15) is 5.82 Å². The van der Waals surface area contributed by atoms with Crippen LogP contribution in [0.5, 0.6) is 0 Å². The van der Waals surface area contributed by atoms with Gasteiger partial charge in [-0.2, -0.15) is 0 Å². The topological polar surface area (TPSA) is 65.4 Å².